The molecular formula is C25H25F3N2O2. The fourth-order valence-electron chi connectivity index (χ4n) is 4.69. The molecule has 2 aliphatic rings. The van der Waals surface area contributed by atoms with E-state index >= 15 is 0 Å². The van der Waals surface area contributed by atoms with E-state index in [1.54, 1.807) is 4.90 Å². The number of halogens is 3. The number of aryl methyl sites for hydroxylation is 1. The number of hydrogen-bond acceptors (Lipinski definition) is 2. The minimum Gasteiger partial charge on any atom is -0.338 e. The van der Waals surface area contributed by atoms with Gasteiger partial charge in [0.25, 0.3) is 0 Å². The topological polar surface area (TPSA) is 49.4 Å². The maximum atomic E-state index is 13.3. The molecule has 0 spiro atoms. The van der Waals surface area contributed by atoms with Crippen molar-refractivity contribution in [2.45, 2.75) is 32.5 Å². The Bertz CT molecular complexity index is 1030. The first-order chi connectivity index (χ1) is 15.2. The molecule has 1 fully saturated rings. The summed E-state index contributed by atoms with van der Waals surface area (Å²) in [6, 6.07) is 13.4. The van der Waals surface area contributed by atoms with Crippen LogP contribution in [0.2, 0.25) is 0 Å². The van der Waals surface area contributed by atoms with Gasteiger partial charge in [0.1, 0.15) is 0 Å². The number of amides is 2. The number of hydrogen-bond donors (Lipinski definition) is 1. The lowest BCUT2D eigenvalue weighted by Gasteiger charge is -2.41. The molecule has 0 unspecified atom stereocenters. The lowest BCUT2D eigenvalue weighted by atomic mass is 9.71. The number of piperidine rings is 1. The van der Waals surface area contributed by atoms with Crippen LogP contribution < -0.4 is 5.32 Å². The maximum absolute atomic E-state index is 13.3. The van der Waals surface area contributed by atoms with Gasteiger partial charge in [0, 0.05) is 18.8 Å². The molecule has 3 atom stereocenters. The van der Waals surface area contributed by atoms with E-state index in [4.69, 9.17) is 0 Å². The van der Waals surface area contributed by atoms with Gasteiger partial charge in [-0.25, -0.2) is 0 Å². The highest BCUT2D eigenvalue weighted by molar-refractivity contribution is 5.97. The van der Waals surface area contributed by atoms with E-state index in [0.29, 0.717) is 19.5 Å². The van der Waals surface area contributed by atoms with Crippen LogP contribution in [-0.4, -0.2) is 23.3 Å². The first kappa shape index (κ1) is 22.1. The molecule has 4 rings (SSSR count). The van der Waals surface area contributed by atoms with Crippen molar-refractivity contribution >= 4 is 17.5 Å². The van der Waals surface area contributed by atoms with Crippen LogP contribution in [0.15, 0.2) is 60.7 Å². The van der Waals surface area contributed by atoms with Crippen molar-refractivity contribution in [1.29, 1.82) is 0 Å². The second-order valence-electron chi connectivity index (χ2n) is 8.51. The summed E-state index contributed by atoms with van der Waals surface area (Å²) in [6.07, 6.45) is 0.546. The molecule has 1 heterocycles. The number of nitrogens with one attached hydrogen (secondary N) is 1. The van der Waals surface area contributed by atoms with Crippen molar-refractivity contribution in [3.63, 3.8) is 0 Å². The second-order valence-corrected chi connectivity index (χ2v) is 8.51. The second kappa shape index (κ2) is 8.81. The number of carbonyl (C=O) groups is 2. The molecule has 32 heavy (non-hydrogen) atoms. The Morgan fingerprint density at radius 2 is 1.91 bits per heavy atom. The van der Waals surface area contributed by atoms with E-state index in [1.165, 1.54) is 19.1 Å². The Morgan fingerprint density at radius 1 is 1.16 bits per heavy atom. The first-order valence-electron chi connectivity index (χ1n) is 10.7. The van der Waals surface area contributed by atoms with Crippen molar-refractivity contribution < 1.29 is 22.8 Å². The number of fused-ring (bicyclic) bond motifs is 1. The van der Waals surface area contributed by atoms with Gasteiger partial charge in [-0.1, -0.05) is 48.6 Å². The number of benzene rings is 2. The number of alkyl halides is 3. The molecule has 1 saturated heterocycles. The van der Waals surface area contributed by atoms with Crippen LogP contribution in [0.1, 0.15) is 29.5 Å². The van der Waals surface area contributed by atoms with Crippen LogP contribution in [0, 0.1) is 24.7 Å². The Kier molecular flexibility index (Phi) is 6.09. The average Bonchev–Trinajstić information content (AvgIpc) is 2.76. The summed E-state index contributed by atoms with van der Waals surface area (Å²) in [5.74, 6) is -1.66. The number of allylic oxidation sites excluding steroid dienone is 2. The third kappa shape index (κ3) is 4.56. The largest absolute Gasteiger partial charge is 0.416 e. The Balaban J connectivity index is 1.52. The smallest absolute Gasteiger partial charge is 0.338 e. The van der Waals surface area contributed by atoms with E-state index in [2.05, 4.69) is 5.32 Å². The molecule has 2 aromatic rings. The molecule has 2 amide bonds. The Hall–Kier alpha value is -3.09. The summed E-state index contributed by atoms with van der Waals surface area (Å²) in [6.45, 7) is 2.47. The van der Waals surface area contributed by atoms with E-state index in [9.17, 15) is 22.8 Å². The molecular weight excluding hydrogens is 417 g/mol. The highest BCUT2D eigenvalue weighted by atomic mass is 19.4. The van der Waals surface area contributed by atoms with Gasteiger partial charge in [0.05, 0.1) is 17.4 Å². The Labute approximate surface area is 185 Å². The quantitative estimate of drug-likeness (QED) is 0.663. The van der Waals surface area contributed by atoms with Crippen molar-refractivity contribution in [3.8, 4) is 0 Å². The highest BCUT2D eigenvalue weighted by Gasteiger charge is 2.44. The molecule has 2 aromatic carbocycles. The van der Waals surface area contributed by atoms with Gasteiger partial charge >= 0.3 is 6.18 Å². The van der Waals surface area contributed by atoms with Crippen molar-refractivity contribution in [2.24, 2.45) is 17.8 Å². The fourth-order valence-corrected chi connectivity index (χ4v) is 4.69. The number of carbonyl (C=O) groups excluding carboxylic acids is 2. The summed E-state index contributed by atoms with van der Waals surface area (Å²) in [7, 11) is 0. The molecule has 0 aromatic heterocycles. The van der Waals surface area contributed by atoms with E-state index in [0.717, 1.165) is 18.1 Å². The zero-order valence-corrected chi connectivity index (χ0v) is 17.7. The van der Waals surface area contributed by atoms with E-state index in [1.807, 2.05) is 42.5 Å². The van der Waals surface area contributed by atoms with Crippen LogP contribution in [0.25, 0.3) is 0 Å². The van der Waals surface area contributed by atoms with Crippen molar-refractivity contribution in [3.05, 3.63) is 77.4 Å². The number of likely N-dealkylation sites (tertiary alicyclic amines) is 1. The Morgan fingerprint density at radius 3 is 2.62 bits per heavy atom. The third-order valence-corrected chi connectivity index (χ3v) is 6.36. The van der Waals surface area contributed by atoms with Gasteiger partial charge in [-0.3, -0.25) is 9.59 Å². The fraction of sp³-hybridized carbons (Fsp3) is 0.360. The number of rotatable bonds is 4. The average molecular weight is 442 g/mol. The first-order valence-corrected chi connectivity index (χ1v) is 10.7. The summed E-state index contributed by atoms with van der Waals surface area (Å²) in [5.41, 5.74) is 0.420. The van der Waals surface area contributed by atoms with Gasteiger partial charge in [-0.05, 0) is 48.9 Å². The number of anilines is 1. The minimum atomic E-state index is -4.50. The van der Waals surface area contributed by atoms with Crippen LogP contribution in [-0.2, 0) is 22.3 Å². The molecule has 4 nitrogen and oxygen atoms in total. The molecule has 1 aliphatic carbocycles. The van der Waals surface area contributed by atoms with Crippen LogP contribution >= 0.6 is 0 Å². The molecule has 0 saturated carbocycles. The molecule has 7 heteroatoms. The van der Waals surface area contributed by atoms with Gasteiger partial charge in [0.2, 0.25) is 11.8 Å². The zero-order chi connectivity index (χ0) is 22.9. The van der Waals surface area contributed by atoms with Gasteiger partial charge in [-0.2, -0.15) is 13.2 Å². The summed E-state index contributed by atoms with van der Waals surface area (Å²) < 4.78 is 39.7. The zero-order valence-electron chi connectivity index (χ0n) is 17.7. The van der Waals surface area contributed by atoms with Crippen LogP contribution in [0.4, 0.5) is 18.9 Å². The maximum Gasteiger partial charge on any atom is 0.416 e. The standard InChI is InChI=1S/C25H25F3N2O2/c1-16-10-11-19(14-21(16)25(26,27)28)29-23(31)20-9-5-8-18-12-13-30(24(32)22(18)20)15-17-6-3-2-4-7-17/h2-8,10-11,14,18,20,22H,9,12-13,15H2,1H3,(H,29,31)/t18-,20-,22+/m0/s1. The number of nitrogens with zero attached hydrogens (tertiary/aromatic N) is 1. The van der Waals surface area contributed by atoms with Gasteiger partial charge in [0.15, 0.2) is 0 Å². The minimum absolute atomic E-state index is 0.0391. The summed E-state index contributed by atoms with van der Waals surface area (Å²) in [5, 5.41) is 2.63. The lowest BCUT2D eigenvalue weighted by molar-refractivity contribution is -0.147. The normalized spacial score (nSPS) is 23.1. The molecule has 0 bridgehead atoms. The predicted octanol–water partition coefficient (Wildman–Crippen LogP) is 5.19. The van der Waals surface area contributed by atoms with Crippen molar-refractivity contribution in [1.82, 2.24) is 4.90 Å². The summed E-state index contributed by atoms with van der Waals surface area (Å²) in [4.78, 5) is 28.2. The predicted molar refractivity (Wildman–Crippen MR) is 116 cm³/mol. The molecule has 168 valence electrons. The lowest BCUT2D eigenvalue weighted by Crippen LogP contribution is -2.50. The van der Waals surface area contributed by atoms with E-state index < -0.39 is 29.5 Å². The molecule has 0 radical (unpaired) electrons. The van der Waals surface area contributed by atoms with E-state index in [-0.39, 0.29) is 23.1 Å². The van der Waals surface area contributed by atoms with Crippen LogP contribution in [0.5, 0.6) is 0 Å². The van der Waals surface area contributed by atoms with Crippen LogP contribution in [0.3, 0.4) is 0 Å². The molecule has 1 N–H and O–H groups in total. The van der Waals surface area contributed by atoms with Crippen molar-refractivity contribution in [2.75, 3.05) is 11.9 Å². The SMILES string of the molecule is Cc1ccc(NC(=O)[C@H]2CC=C[C@H]3CCN(Cc4ccccc4)C(=O)[C@@H]23)cc1C(F)(F)F. The van der Waals surface area contributed by atoms with Gasteiger partial charge < -0.3 is 10.2 Å². The third-order valence-electron chi connectivity index (χ3n) is 6.36. The monoisotopic (exact) mass is 442 g/mol. The molecule has 1 aliphatic heterocycles. The summed E-state index contributed by atoms with van der Waals surface area (Å²) >= 11 is 0. The highest BCUT2D eigenvalue weighted by Crippen LogP contribution is 2.39. The van der Waals surface area contributed by atoms with Gasteiger partial charge in [-0.15, -0.1) is 0 Å².